The predicted octanol–water partition coefficient (Wildman–Crippen LogP) is 2.43. The molecular formula is C19H24FN5O4S. The van der Waals surface area contributed by atoms with Gasteiger partial charge in [-0.25, -0.2) is 9.18 Å². The number of halogens is 1. The van der Waals surface area contributed by atoms with Gasteiger partial charge in [0.15, 0.2) is 0 Å². The third kappa shape index (κ3) is 5.43. The highest BCUT2D eigenvalue weighted by Crippen LogP contribution is 2.25. The molecule has 0 aliphatic carbocycles. The highest BCUT2D eigenvalue weighted by Gasteiger charge is 2.33. The summed E-state index contributed by atoms with van der Waals surface area (Å²) in [5.41, 5.74) is 1.52. The Bertz CT molecular complexity index is 1010. The minimum atomic E-state index is -3.52. The molecule has 3 rings (SSSR count). The van der Waals surface area contributed by atoms with Crippen LogP contribution in [-0.2, 0) is 10.2 Å². The first kappa shape index (κ1) is 21.9. The van der Waals surface area contributed by atoms with E-state index in [9.17, 15) is 17.6 Å². The Balaban J connectivity index is 1.63. The molecule has 0 spiro atoms. The van der Waals surface area contributed by atoms with Gasteiger partial charge in [0, 0.05) is 44.2 Å². The summed E-state index contributed by atoms with van der Waals surface area (Å²) in [4.78, 5) is 16.2. The lowest BCUT2D eigenvalue weighted by atomic mass is 10.2. The van der Waals surface area contributed by atoms with Gasteiger partial charge in [-0.1, -0.05) is 0 Å². The monoisotopic (exact) mass is 437 g/mol. The zero-order chi connectivity index (χ0) is 21.9. The van der Waals surface area contributed by atoms with Crippen molar-refractivity contribution >= 4 is 27.6 Å². The van der Waals surface area contributed by atoms with Gasteiger partial charge < -0.3 is 15.4 Å². The average molecular weight is 437 g/mol. The normalized spacial score (nSPS) is 17.2. The molecule has 0 unspecified atom stereocenters. The molecule has 162 valence electrons. The fourth-order valence-electron chi connectivity index (χ4n) is 2.96. The second-order valence-electron chi connectivity index (χ2n) is 7.12. The number of aromatic nitrogens is 1. The maximum absolute atomic E-state index is 14.0. The van der Waals surface area contributed by atoms with Gasteiger partial charge in [-0.15, -0.1) is 0 Å². The average Bonchev–Trinajstić information content (AvgIpc) is 3.12. The number of aryl methyl sites for hydroxylation is 1. The molecule has 9 nitrogen and oxygen atoms in total. The van der Waals surface area contributed by atoms with E-state index in [0.717, 1.165) is 16.1 Å². The van der Waals surface area contributed by atoms with Crippen LogP contribution >= 0.6 is 0 Å². The van der Waals surface area contributed by atoms with Gasteiger partial charge in [0.25, 0.3) is 10.2 Å². The van der Waals surface area contributed by atoms with Gasteiger partial charge in [-0.2, -0.15) is 17.0 Å². The molecule has 2 heterocycles. The van der Waals surface area contributed by atoms with Crippen LogP contribution in [0.3, 0.4) is 0 Å². The van der Waals surface area contributed by atoms with Crippen LogP contribution < -0.4 is 15.4 Å². The fourth-order valence-corrected chi connectivity index (χ4v) is 4.12. The van der Waals surface area contributed by atoms with Crippen molar-refractivity contribution in [2.24, 2.45) is 0 Å². The molecule has 11 heteroatoms. The molecule has 2 aromatic rings. The number of carbonyl (C=O) groups is 1. The van der Waals surface area contributed by atoms with Crippen molar-refractivity contribution in [3.63, 3.8) is 0 Å². The van der Waals surface area contributed by atoms with Crippen molar-refractivity contribution in [1.82, 2.24) is 13.6 Å². The third-order valence-electron chi connectivity index (χ3n) is 4.50. The number of carbonyl (C=O) groups excluding carboxylic acids is 1. The number of rotatable bonds is 6. The van der Waals surface area contributed by atoms with E-state index in [0.29, 0.717) is 18.7 Å². The second kappa shape index (κ2) is 8.94. The fraction of sp³-hybridized carbons (Fsp3) is 0.368. The zero-order valence-electron chi connectivity index (χ0n) is 16.9. The molecule has 1 aromatic heterocycles. The molecule has 0 radical (unpaired) electrons. The Morgan fingerprint density at radius 2 is 1.97 bits per heavy atom. The number of pyridine rings is 1. The topological polar surface area (TPSA) is 104 Å². The lowest BCUT2D eigenvalue weighted by Gasteiger charge is -2.21. The van der Waals surface area contributed by atoms with Crippen LogP contribution in [0.1, 0.15) is 12.1 Å². The lowest BCUT2D eigenvalue weighted by Crippen LogP contribution is -2.39. The van der Waals surface area contributed by atoms with E-state index in [4.69, 9.17) is 4.74 Å². The second-order valence-corrected chi connectivity index (χ2v) is 9.26. The molecule has 0 bridgehead atoms. The van der Waals surface area contributed by atoms with Crippen molar-refractivity contribution in [1.29, 1.82) is 0 Å². The maximum Gasteiger partial charge on any atom is 0.323 e. The first-order chi connectivity index (χ1) is 14.1. The number of ether oxygens (including phenoxy) is 1. The Morgan fingerprint density at radius 1 is 1.23 bits per heavy atom. The van der Waals surface area contributed by atoms with E-state index in [1.165, 1.54) is 36.7 Å². The number of hydrogen-bond donors (Lipinski definition) is 2. The molecule has 1 saturated heterocycles. The Morgan fingerprint density at radius 3 is 2.63 bits per heavy atom. The van der Waals surface area contributed by atoms with Gasteiger partial charge in [-0.3, -0.25) is 4.98 Å². The van der Waals surface area contributed by atoms with E-state index in [-0.39, 0.29) is 18.0 Å². The minimum absolute atomic E-state index is 0.167. The van der Waals surface area contributed by atoms with E-state index in [1.54, 1.807) is 12.1 Å². The van der Waals surface area contributed by atoms with Crippen LogP contribution in [0.2, 0.25) is 0 Å². The first-order valence-electron chi connectivity index (χ1n) is 9.29. The Kier molecular flexibility index (Phi) is 6.54. The highest BCUT2D eigenvalue weighted by atomic mass is 32.2. The molecular weight excluding hydrogens is 413 g/mol. The van der Waals surface area contributed by atoms with Crippen LogP contribution in [0.4, 0.5) is 20.6 Å². The number of anilines is 2. The quantitative estimate of drug-likeness (QED) is 0.722. The molecule has 2 amide bonds. The minimum Gasteiger partial charge on any atom is -0.489 e. The highest BCUT2D eigenvalue weighted by molar-refractivity contribution is 7.86. The zero-order valence-corrected chi connectivity index (χ0v) is 17.7. The summed E-state index contributed by atoms with van der Waals surface area (Å²) >= 11 is 0. The summed E-state index contributed by atoms with van der Waals surface area (Å²) in [7, 11) is -0.596. The van der Waals surface area contributed by atoms with Gasteiger partial charge >= 0.3 is 6.03 Å². The van der Waals surface area contributed by atoms with E-state index < -0.39 is 28.2 Å². The van der Waals surface area contributed by atoms with Crippen LogP contribution in [0.5, 0.6) is 5.75 Å². The largest absolute Gasteiger partial charge is 0.489 e. The Labute approximate surface area is 175 Å². The number of amides is 2. The van der Waals surface area contributed by atoms with E-state index >= 15 is 0 Å². The third-order valence-corrected chi connectivity index (χ3v) is 6.40. The summed E-state index contributed by atoms with van der Waals surface area (Å²) in [6.07, 6.45) is 1.58. The molecule has 2 N–H and O–H groups in total. The summed E-state index contributed by atoms with van der Waals surface area (Å²) in [5.74, 6) is -0.382. The number of urea groups is 1. The maximum atomic E-state index is 14.0. The lowest BCUT2D eigenvalue weighted by molar-refractivity contribution is 0.214. The molecule has 1 aliphatic rings. The van der Waals surface area contributed by atoms with Crippen molar-refractivity contribution < 1.29 is 22.3 Å². The number of benzene rings is 1. The van der Waals surface area contributed by atoms with E-state index in [1.807, 2.05) is 6.92 Å². The summed E-state index contributed by atoms with van der Waals surface area (Å²) in [6, 6.07) is 6.74. The van der Waals surface area contributed by atoms with Gasteiger partial charge in [0.1, 0.15) is 17.7 Å². The van der Waals surface area contributed by atoms with Crippen LogP contribution in [0.15, 0.2) is 36.5 Å². The molecule has 0 saturated carbocycles. The van der Waals surface area contributed by atoms with Crippen LogP contribution in [0, 0.1) is 12.7 Å². The standard InChI is InChI=1S/C19H24FN5O4S/c1-13-4-5-15(11-21-13)22-19(26)23-16-8-14(20)9-18(10-16)29-17-6-7-25(12-17)30(27,28)24(2)3/h4-5,8-11,17H,6-7,12H2,1-3H3,(H2,22,23,26)/t17-/m1/s1. The summed E-state index contributed by atoms with van der Waals surface area (Å²) < 4.78 is 46.7. The molecule has 1 aromatic carbocycles. The van der Waals surface area contributed by atoms with Crippen LogP contribution in [-0.4, -0.2) is 61.3 Å². The van der Waals surface area contributed by atoms with Gasteiger partial charge in [-0.05, 0) is 31.5 Å². The van der Waals surface area contributed by atoms with Crippen LogP contribution in [0.25, 0.3) is 0 Å². The Hall–Kier alpha value is -2.76. The summed E-state index contributed by atoms with van der Waals surface area (Å²) in [6.45, 7) is 2.32. The summed E-state index contributed by atoms with van der Waals surface area (Å²) in [5, 5.41) is 5.16. The number of hydrogen-bond acceptors (Lipinski definition) is 5. The van der Waals surface area contributed by atoms with E-state index in [2.05, 4.69) is 15.6 Å². The van der Waals surface area contributed by atoms with Crippen molar-refractivity contribution in [3.8, 4) is 5.75 Å². The molecule has 1 fully saturated rings. The van der Waals surface area contributed by atoms with Crippen molar-refractivity contribution in [2.75, 3.05) is 37.8 Å². The van der Waals surface area contributed by atoms with Gasteiger partial charge in [0.05, 0.1) is 18.4 Å². The van der Waals surface area contributed by atoms with Crippen molar-refractivity contribution in [2.45, 2.75) is 19.4 Å². The number of nitrogens with one attached hydrogen (secondary N) is 2. The van der Waals surface area contributed by atoms with Gasteiger partial charge in [0.2, 0.25) is 0 Å². The number of nitrogens with zero attached hydrogens (tertiary/aromatic N) is 3. The smallest absolute Gasteiger partial charge is 0.323 e. The SMILES string of the molecule is Cc1ccc(NC(=O)Nc2cc(F)cc(O[C@@H]3CCN(S(=O)(=O)N(C)C)C3)c2)cn1. The molecule has 1 atom stereocenters. The first-order valence-corrected chi connectivity index (χ1v) is 10.7. The van der Waals surface area contributed by atoms with Crippen molar-refractivity contribution in [3.05, 3.63) is 48.0 Å². The predicted molar refractivity (Wildman–Crippen MR) is 111 cm³/mol. The molecule has 30 heavy (non-hydrogen) atoms. The molecule has 1 aliphatic heterocycles.